The molecular weight excluding hydrogens is 240 g/mol. The van der Waals surface area contributed by atoms with Crippen LogP contribution in [0.2, 0.25) is 0 Å². The zero-order chi connectivity index (χ0) is 13.7. The third-order valence-corrected chi connectivity index (χ3v) is 3.75. The van der Waals surface area contributed by atoms with Crippen LogP contribution in [0.3, 0.4) is 0 Å². The standard InChI is InChI=1S/C16H20O3/c1-2-19-16(18)14-11-7-6-10-13(14)15(17)12-8-4-3-5-9-12/h3-5,8-9,13-14H,2,6-7,10-11H2,1H3/t13-,14-/m1/s1. The first kappa shape index (κ1) is 13.8. The quantitative estimate of drug-likeness (QED) is 0.616. The molecule has 3 nitrogen and oxygen atoms in total. The van der Waals surface area contributed by atoms with E-state index in [4.69, 9.17) is 4.74 Å². The number of hydrogen-bond donors (Lipinski definition) is 0. The van der Waals surface area contributed by atoms with Crippen molar-refractivity contribution in [2.45, 2.75) is 32.6 Å². The molecule has 2 atom stereocenters. The predicted molar refractivity (Wildman–Crippen MR) is 72.9 cm³/mol. The van der Waals surface area contributed by atoms with Crippen LogP contribution in [0.25, 0.3) is 0 Å². The summed E-state index contributed by atoms with van der Waals surface area (Å²) < 4.78 is 5.11. The number of hydrogen-bond acceptors (Lipinski definition) is 3. The molecule has 0 unspecified atom stereocenters. The molecule has 0 amide bonds. The van der Waals surface area contributed by atoms with Crippen molar-refractivity contribution in [3.63, 3.8) is 0 Å². The van der Waals surface area contributed by atoms with Crippen LogP contribution in [-0.4, -0.2) is 18.4 Å². The van der Waals surface area contributed by atoms with Gasteiger partial charge in [-0.25, -0.2) is 0 Å². The molecule has 1 fully saturated rings. The molecule has 1 aromatic rings. The zero-order valence-corrected chi connectivity index (χ0v) is 11.3. The summed E-state index contributed by atoms with van der Waals surface area (Å²) >= 11 is 0. The zero-order valence-electron chi connectivity index (χ0n) is 11.3. The van der Waals surface area contributed by atoms with E-state index in [0.29, 0.717) is 12.2 Å². The molecule has 0 radical (unpaired) electrons. The van der Waals surface area contributed by atoms with E-state index in [9.17, 15) is 9.59 Å². The molecule has 0 bridgehead atoms. The van der Waals surface area contributed by atoms with Gasteiger partial charge in [0.25, 0.3) is 0 Å². The Labute approximate surface area is 114 Å². The lowest BCUT2D eigenvalue weighted by atomic mass is 9.75. The van der Waals surface area contributed by atoms with Crippen LogP contribution in [0.5, 0.6) is 0 Å². The highest BCUT2D eigenvalue weighted by molar-refractivity contribution is 6.00. The summed E-state index contributed by atoms with van der Waals surface area (Å²) in [5.41, 5.74) is 0.698. The monoisotopic (exact) mass is 260 g/mol. The normalized spacial score (nSPS) is 22.8. The third-order valence-electron chi connectivity index (χ3n) is 3.75. The Kier molecular flexibility index (Phi) is 4.72. The molecule has 1 aliphatic carbocycles. The summed E-state index contributed by atoms with van der Waals surface area (Å²) in [5.74, 6) is -0.605. The fourth-order valence-corrected chi connectivity index (χ4v) is 2.79. The molecule has 0 aromatic heterocycles. The minimum absolute atomic E-state index is 0.0818. The lowest BCUT2D eigenvalue weighted by Crippen LogP contribution is -2.34. The van der Waals surface area contributed by atoms with Crippen molar-refractivity contribution in [1.82, 2.24) is 0 Å². The summed E-state index contributed by atoms with van der Waals surface area (Å²) in [6, 6.07) is 9.24. The van der Waals surface area contributed by atoms with Gasteiger partial charge in [-0.2, -0.15) is 0 Å². The number of ether oxygens (including phenoxy) is 1. The molecule has 19 heavy (non-hydrogen) atoms. The molecule has 0 N–H and O–H groups in total. The molecule has 0 spiro atoms. The largest absolute Gasteiger partial charge is 0.466 e. The van der Waals surface area contributed by atoms with E-state index < -0.39 is 0 Å². The van der Waals surface area contributed by atoms with Gasteiger partial charge < -0.3 is 4.74 Å². The van der Waals surface area contributed by atoms with Crippen molar-refractivity contribution in [1.29, 1.82) is 0 Å². The predicted octanol–water partition coefficient (Wildman–Crippen LogP) is 3.24. The third kappa shape index (κ3) is 3.22. The van der Waals surface area contributed by atoms with Gasteiger partial charge in [-0.3, -0.25) is 9.59 Å². The molecule has 2 rings (SSSR count). The lowest BCUT2D eigenvalue weighted by Gasteiger charge is -2.28. The minimum Gasteiger partial charge on any atom is -0.466 e. The number of carbonyl (C=O) groups excluding carboxylic acids is 2. The van der Waals surface area contributed by atoms with Gasteiger partial charge in [-0.15, -0.1) is 0 Å². The highest BCUT2D eigenvalue weighted by atomic mass is 16.5. The van der Waals surface area contributed by atoms with E-state index in [1.807, 2.05) is 30.3 Å². The number of benzene rings is 1. The Morgan fingerprint density at radius 2 is 1.74 bits per heavy atom. The van der Waals surface area contributed by atoms with E-state index in [1.165, 1.54) is 0 Å². The van der Waals surface area contributed by atoms with Gasteiger partial charge >= 0.3 is 5.97 Å². The Balaban J connectivity index is 2.15. The molecule has 1 saturated carbocycles. The van der Waals surface area contributed by atoms with Crippen molar-refractivity contribution in [3.8, 4) is 0 Å². The fourth-order valence-electron chi connectivity index (χ4n) is 2.79. The van der Waals surface area contributed by atoms with Crippen LogP contribution in [0.4, 0.5) is 0 Å². The summed E-state index contributed by atoms with van der Waals surface area (Å²) in [5, 5.41) is 0. The number of rotatable bonds is 4. The average molecular weight is 260 g/mol. The van der Waals surface area contributed by atoms with Crippen molar-refractivity contribution in [3.05, 3.63) is 35.9 Å². The fraction of sp³-hybridized carbons (Fsp3) is 0.500. The van der Waals surface area contributed by atoms with Gasteiger partial charge in [-0.1, -0.05) is 43.2 Å². The lowest BCUT2D eigenvalue weighted by molar-refractivity contribution is -0.150. The van der Waals surface area contributed by atoms with Crippen molar-refractivity contribution >= 4 is 11.8 Å². The average Bonchev–Trinajstić information content (AvgIpc) is 2.47. The van der Waals surface area contributed by atoms with Gasteiger partial charge in [0, 0.05) is 11.5 Å². The van der Waals surface area contributed by atoms with Gasteiger partial charge in [0.1, 0.15) is 0 Å². The van der Waals surface area contributed by atoms with E-state index in [1.54, 1.807) is 6.92 Å². The molecule has 102 valence electrons. The topological polar surface area (TPSA) is 43.4 Å². The first-order valence-corrected chi connectivity index (χ1v) is 7.00. The first-order valence-electron chi connectivity index (χ1n) is 7.00. The second-order valence-electron chi connectivity index (χ2n) is 4.98. The van der Waals surface area contributed by atoms with E-state index in [-0.39, 0.29) is 23.6 Å². The van der Waals surface area contributed by atoms with Crippen LogP contribution in [0.1, 0.15) is 43.0 Å². The maximum Gasteiger partial charge on any atom is 0.309 e. The number of Topliss-reactive ketones (excluding diaryl/α,β-unsaturated/α-hetero) is 1. The highest BCUT2D eigenvalue weighted by Gasteiger charge is 2.36. The Hall–Kier alpha value is -1.64. The van der Waals surface area contributed by atoms with E-state index >= 15 is 0 Å². The van der Waals surface area contributed by atoms with Crippen LogP contribution >= 0.6 is 0 Å². The summed E-state index contributed by atoms with van der Waals surface area (Å²) in [7, 11) is 0. The minimum atomic E-state index is -0.263. The van der Waals surface area contributed by atoms with Crippen LogP contribution < -0.4 is 0 Å². The number of ketones is 1. The second kappa shape index (κ2) is 6.50. The molecular formula is C16H20O3. The maximum absolute atomic E-state index is 12.5. The second-order valence-corrected chi connectivity index (χ2v) is 4.98. The molecule has 0 heterocycles. The van der Waals surface area contributed by atoms with Crippen LogP contribution in [0.15, 0.2) is 30.3 Å². The molecule has 1 aliphatic rings. The molecule has 3 heteroatoms. The van der Waals surface area contributed by atoms with Gasteiger partial charge in [0.2, 0.25) is 0 Å². The Morgan fingerprint density at radius 3 is 2.37 bits per heavy atom. The van der Waals surface area contributed by atoms with Crippen LogP contribution in [0, 0.1) is 11.8 Å². The summed E-state index contributed by atoms with van der Waals surface area (Å²) in [6.45, 7) is 2.18. The first-order chi connectivity index (χ1) is 9.24. The van der Waals surface area contributed by atoms with E-state index in [2.05, 4.69) is 0 Å². The smallest absolute Gasteiger partial charge is 0.309 e. The van der Waals surface area contributed by atoms with Crippen molar-refractivity contribution < 1.29 is 14.3 Å². The Morgan fingerprint density at radius 1 is 1.11 bits per heavy atom. The SMILES string of the molecule is CCOC(=O)[C@@H]1CCCC[C@H]1C(=O)c1ccccc1. The van der Waals surface area contributed by atoms with Gasteiger partial charge in [0.05, 0.1) is 12.5 Å². The van der Waals surface area contributed by atoms with E-state index in [0.717, 1.165) is 25.7 Å². The summed E-state index contributed by atoms with van der Waals surface area (Å²) in [4.78, 5) is 24.5. The Bertz CT molecular complexity index is 439. The number of carbonyl (C=O) groups is 2. The molecule has 0 aliphatic heterocycles. The summed E-state index contributed by atoms with van der Waals surface area (Å²) in [6.07, 6.45) is 3.57. The van der Waals surface area contributed by atoms with Gasteiger partial charge in [0.15, 0.2) is 5.78 Å². The number of esters is 1. The highest BCUT2D eigenvalue weighted by Crippen LogP contribution is 2.33. The maximum atomic E-state index is 12.5. The van der Waals surface area contributed by atoms with Crippen molar-refractivity contribution in [2.75, 3.05) is 6.61 Å². The van der Waals surface area contributed by atoms with Crippen molar-refractivity contribution in [2.24, 2.45) is 11.8 Å². The van der Waals surface area contributed by atoms with Crippen LogP contribution in [-0.2, 0) is 9.53 Å². The van der Waals surface area contributed by atoms with Gasteiger partial charge in [-0.05, 0) is 19.8 Å². The molecule has 1 aromatic carbocycles. The molecule has 0 saturated heterocycles.